The lowest BCUT2D eigenvalue weighted by Gasteiger charge is -2.47. The lowest BCUT2D eigenvalue weighted by molar-refractivity contribution is -0.256. The summed E-state index contributed by atoms with van der Waals surface area (Å²) in [6.07, 6.45) is -0.104. The van der Waals surface area contributed by atoms with Crippen LogP contribution in [0.4, 0.5) is 18.9 Å². The average Bonchev–Trinajstić information content (AvgIpc) is 2.75. The molecule has 1 saturated heterocycles. The van der Waals surface area contributed by atoms with Crippen LogP contribution in [0, 0.1) is 11.3 Å². The normalized spacial score (nSPS) is 19.6. The lowest BCUT2D eigenvalue weighted by Crippen LogP contribution is -2.53. The van der Waals surface area contributed by atoms with Crippen LogP contribution in [-0.4, -0.2) is 43.5 Å². The summed E-state index contributed by atoms with van der Waals surface area (Å²) < 4.78 is 40.2. The van der Waals surface area contributed by atoms with Crippen LogP contribution in [0.3, 0.4) is 0 Å². The number of aldehydes is 1. The second-order valence-corrected chi connectivity index (χ2v) is 9.05. The molecule has 1 aliphatic carbocycles. The number of carbonyl (C=O) groups excluding carboxylic acids is 1. The molecule has 3 nitrogen and oxygen atoms in total. The minimum Gasteiger partial charge on any atom is -0.385 e. The van der Waals surface area contributed by atoms with Crippen LogP contribution in [-0.2, 0) is 0 Å². The summed E-state index contributed by atoms with van der Waals surface area (Å²) >= 11 is 0. The maximum Gasteiger partial charge on any atom is 0.395 e. The zero-order valence-electron chi connectivity index (χ0n) is 17.6. The minimum atomic E-state index is -4.08. The van der Waals surface area contributed by atoms with Crippen molar-refractivity contribution in [3.05, 3.63) is 54.1 Å². The Balaban J connectivity index is 1.24. The molecule has 1 aliphatic heterocycles. The monoisotopic (exact) mass is 430 g/mol. The largest absolute Gasteiger partial charge is 0.395 e. The second-order valence-electron chi connectivity index (χ2n) is 9.05. The first-order valence-electron chi connectivity index (χ1n) is 11.1. The first-order chi connectivity index (χ1) is 14.9. The van der Waals surface area contributed by atoms with Crippen LogP contribution in [0.5, 0.6) is 0 Å². The minimum absolute atomic E-state index is 0.173. The van der Waals surface area contributed by atoms with Crippen LogP contribution in [0.2, 0.25) is 0 Å². The van der Waals surface area contributed by atoms with E-state index in [0.29, 0.717) is 17.9 Å². The Labute approximate surface area is 181 Å². The van der Waals surface area contributed by atoms with Gasteiger partial charge in [0.25, 0.3) is 0 Å². The molecule has 1 N–H and O–H groups in total. The van der Waals surface area contributed by atoms with E-state index in [1.807, 2.05) is 41.3 Å². The molecule has 0 radical (unpaired) electrons. The van der Waals surface area contributed by atoms with Crippen molar-refractivity contribution in [3.8, 4) is 11.1 Å². The van der Waals surface area contributed by atoms with Gasteiger partial charge in [-0.05, 0) is 68.0 Å². The third-order valence-electron chi connectivity index (χ3n) is 7.01. The number of hydrogen-bond acceptors (Lipinski definition) is 3. The van der Waals surface area contributed by atoms with Gasteiger partial charge < -0.3 is 10.2 Å². The highest BCUT2D eigenvalue weighted by molar-refractivity contribution is 5.77. The zero-order valence-corrected chi connectivity index (χ0v) is 17.6. The summed E-state index contributed by atoms with van der Waals surface area (Å²) in [6.45, 7) is 2.51. The summed E-state index contributed by atoms with van der Waals surface area (Å²) in [5.74, 6) is 0.482. The molecule has 2 aromatic carbocycles. The smallest absolute Gasteiger partial charge is 0.385 e. The SMILES string of the molecule is O=Cc1ccc(-c2ccc(NCC3CCN(CC4(C(F)(F)F)CCC4)CC3)cc2)cc1. The number of likely N-dealkylation sites (tertiary alicyclic amines) is 1. The van der Waals surface area contributed by atoms with E-state index in [9.17, 15) is 18.0 Å². The fourth-order valence-corrected chi connectivity index (χ4v) is 4.71. The number of benzene rings is 2. The van der Waals surface area contributed by atoms with Crippen molar-refractivity contribution in [2.75, 3.05) is 31.5 Å². The molecule has 1 saturated carbocycles. The average molecular weight is 431 g/mol. The Bertz CT molecular complexity index is 865. The van der Waals surface area contributed by atoms with Crippen molar-refractivity contribution < 1.29 is 18.0 Å². The third-order valence-corrected chi connectivity index (χ3v) is 7.01. The molecule has 2 aromatic rings. The zero-order chi connectivity index (χ0) is 21.9. The third kappa shape index (κ3) is 4.95. The molecule has 2 aliphatic rings. The molecule has 1 heterocycles. The number of anilines is 1. The van der Waals surface area contributed by atoms with Crippen LogP contribution in [0.15, 0.2) is 48.5 Å². The van der Waals surface area contributed by atoms with Crippen LogP contribution < -0.4 is 5.32 Å². The van der Waals surface area contributed by atoms with E-state index in [1.54, 1.807) is 0 Å². The van der Waals surface area contributed by atoms with E-state index in [2.05, 4.69) is 17.4 Å². The molecule has 0 amide bonds. The van der Waals surface area contributed by atoms with Crippen LogP contribution >= 0.6 is 0 Å². The van der Waals surface area contributed by atoms with Gasteiger partial charge >= 0.3 is 6.18 Å². The Hall–Kier alpha value is -2.34. The number of alkyl halides is 3. The van der Waals surface area contributed by atoms with Crippen molar-refractivity contribution in [1.82, 2.24) is 4.90 Å². The second kappa shape index (κ2) is 9.03. The predicted molar refractivity (Wildman–Crippen MR) is 117 cm³/mol. The number of rotatable bonds is 7. The summed E-state index contributed by atoms with van der Waals surface area (Å²) in [7, 11) is 0. The van der Waals surface area contributed by atoms with Crippen LogP contribution in [0.1, 0.15) is 42.5 Å². The van der Waals surface area contributed by atoms with Crippen LogP contribution in [0.25, 0.3) is 11.1 Å². The molecule has 0 bridgehead atoms. The van der Waals surface area contributed by atoms with Gasteiger partial charge in [0, 0.05) is 24.3 Å². The number of carbonyl (C=O) groups is 1. The fourth-order valence-electron chi connectivity index (χ4n) is 4.71. The van der Waals surface area contributed by atoms with Gasteiger partial charge in [0.1, 0.15) is 6.29 Å². The van der Waals surface area contributed by atoms with E-state index in [1.165, 1.54) is 0 Å². The predicted octanol–water partition coefficient (Wildman–Crippen LogP) is 6.02. The van der Waals surface area contributed by atoms with E-state index in [-0.39, 0.29) is 19.4 Å². The van der Waals surface area contributed by atoms with E-state index in [4.69, 9.17) is 0 Å². The van der Waals surface area contributed by atoms with Gasteiger partial charge in [-0.25, -0.2) is 0 Å². The van der Waals surface area contributed by atoms with Gasteiger partial charge in [-0.15, -0.1) is 0 Å². The summed E-state index contributed by atoms with van der Waals surface area (Å²) in [4.78, 5) is 12.8. The molecular weight excluding hydrogens is 401 g/mol. The molecule has 6 heteroatoms. The van der Waals surface area contributed by atoms with E-state index >= 15 is 0 Å². The number of nitrogens with one attached hydrogen (secondary N) is 1. The molecule has 166 valence electrons. The fraction of sp³-hybridized carbons (Fsp3) is 0.480. The molecule has 0 unspecified atom stereocenters. The number of hydrogen-bond donors (Lipinski definition) is 1. The number of piperidine rings is 1. The summed E-state index contributed by atoms with van der Waals surface area (Å²) in [5.41, 5.74) is 2.40. The van der Waals surface area contributed by atoms with Gasteiger partial charge in [0.05, 0.1) is 5.41 Å². The lowest BCUT2D eigenvalue weighted by atomic mass is 9.67. The number of nitrogens with zero attached hydrogens (tertiary/aromatic N) is 1. The maximum atomic E-state index is 13.4. The Morgan fingerprint density at radius 2 is 1.55 bits per heavy atom. The molecule has 0 aromatic heterocycles. The highest BCUT2D eigenvalue weighted by Crippen LogP contribution is 2.53. The van der Waals surface area contributed by atoms with Gasteiger partial charge in [0.15, 0.2) is 0 Å². The van der Waals surface area contributed by atoms with Crippen molar-refractivity contribution in [3.63, 3.8) is 0 Å². The van der Waals surface area contributed by atoms with Crippen molar-refractivity contribution in [2.24, 2.45) is 11.3 Å². The van der Waals surface area contributed by atoms with Crippen molar-refractivity contribution >= 4 is 12.0 Å². The number of halogens is 3. The van der Waals surface area contributed by atoms with Crippen molar-refractivity contribution in [2.45, 2.75) is 38.3 Å². The van der Waals surface area contributed by atoms with Gasteiger partial charge in [-0.1, -0.05) is 42.8 Å². The molecule has 4 rings (SSSR count). The molecule has 2 fully saturated rings. The quantitative estimate of drug-likeness (QED) is 0.545. The topological polar surface area (TPSA) is 32.3 Å². The Morgan fingerprint density at radius 1 is 0.968 bits per heavy atom. The summed E-state index contributed by atoms with van der Waals surface area (Å²) in [6, 6.07) is 15.7. The van der Waals surface area contributed by atoms with Gasteiger partial charge in [0.2, 0.25) is 0 Å². The Morgan fingerprint density at radius 3 is 2.03 bits per heavy atom. The first kappa shape index (κ1) is 21.9. The first-order valence-corrected chi connectivity index (χ1v) is 11.1. The summed E-state index contributed by atoms with van der Waals surface area (Å²) in [5, 5.41) is 3.48. The molecule has 0 atom stereocenters. The van der Waals surface area contributed by atoms with E-state index in [0.717, 1.165) is 55.6 Å². The van der Waals surface area contributed by atoms with Gasteiger partial charge in [-0.3, -0.25) is 4.79 Å². The standard InChI is InChI=1S/C25H29F3N2O/c26-25(27,28)24(12-1-13-24)18-30-14-10-19(11-15-30)16-29-23-8-6-22(7-9-23)21-4-2-20(17-31)3-5-21/h2-9,17,19,29H,1,10-16,18H2. The van der Waals surface area contributed by atoms with Gasteiger partial charge in [-0.2, -0.15) is 13.2 Å². The molecule has 0 spiro atoms. The highest BCUT2D eigenvalue weighted by Gasteiger charge is 2.58. The highest BCUT2D eigenvalue weighted by atomic mass is 19.4. The maximum absolute atomic E-state index is 13.4. The van der Waals surface area contributed by atoms with E-state index < -0.39 is 11.6 Å². The molecule has 31 heavy (non-hydrogen) atoms. The Kier molecular flexibility index (Phi) is 6.37. The molecular formula is C25H29F3N2O. The van der Waals surface area contributed by atoms with Crippen molar-refractivity contribution in [1.29, 1.82) is 0 Å².